The van der Waals surface area contributed by atoms with E-state index < -0.39 is 5.60 Å². The maximum atomic E-state index is 11.4. The molecule has 1 amide bonds. The highest BCUT2D eigenvalue weighted by Crippen LogP contribution is 2.31. The van der Waals surface area contributed by atoms with Crippen LogP contribution in [0.25, 0.3) is 0 Å². The Morgan fingerprint density at radius 2 is 2.19 bits per heavy atom. The average molecular weight is 219 g/mol. The van der Waals surface area contributed by atoms with Crippen molar-refractivity contribution >= 4 is 5.91 Å². The molecule has 3 heteroatoms. The number of likely N-dealkylation sites (tertiary alicyclic amines) is 1. The smallest absolute Gasteiger partial charge is 0.222 e. The van der Waals surface area contributed by atoms with Crippen molar-refractivity contribution in [2.24, 2.45) is 0 Å². The Kier molecular flexibility index (Phi) is 2.72. The molecule has 0 aliphatic carbocycles. The van der Waals surface area contributed by atoms with Crippen molar-refractivity contribution in [2.45, 2.75) is 25.4 Å². The first-order valence-electron chi connectivity index (χ1n) is 5.55. The summed E-state index contributed by atoms with van der Waals surface area (Å²) in [5, 5.41) is 10.6. The first kappa shape index (κ1) is 11.1. The van der Waals surface area contributed by atoms with Crippen LogP contribution in [0.5, 0.6) is 0 Å². The van der Waals surface area contributed by atoms with Crippen LogP contribution in [-0.4, -0.2) is 29.5 Å². The quantitative estimate of drug-likeness (QED) is 0.776. The van der Waals surface area contributed by atoms with Crippen molar-refractivity contribution in [1.82, 2.24) is 4.90 Å². The Bertz CT molecular complexity index is 416. The minimum absolute atomic E-state index is 0.109. The molecule has 86 valence electrons. The molecule has 1 heterocycles. The van der Waals surface area contributed by atoms with Gasteiger partial charge in [0.25, 0.3) is 0 Å². The zero-order chi connectivity index (χ0) is 11.8. The summed E-state index contributed by atoms with van der Waals surface area (Å²) in [7, 11) is 1.74. The van der Waals surface area contributed by atoms with Crippen LogP contribution in [0.4, 0.5) is 0 Å². The number of rotatable bonds is 1. The second-order valence-electron chi connectivity index (χ2n) is 4.65. The van der Waals surface area contributed by atoms with Crippen molar-refractivity contribution in [3.63, 3.8) is 0 Å². The van der Waals surface area contributed by atoms with Gasteiger partial charge in [0.1, 0.15) is 5.60 Å². The molecule has 1 saturated heterocycles. The number of carbonyl (C=O) groups excluding carboxylic acids is 1. The molecule has 1 aromatic carbocycles. The van der Waals surface area contributed by atoms with Gasteiger partial charge in [0.05, 0.1) is 6.54 Å². The van der Waals surface area contributed by atoms with E-state index in [1.807, 2.05) is 31.2 Å². The number of nitrogens with zero attached hydrogens (tertiary/aromatic N) is 1. The van der Waals surface area contributed by atoms with E-state index in [4.69, 9.17) is 0 Å². The third-order valence-corrected chi connectivity index (χ3v) is 3.23. The molecule has 0 aromatic heterocycles. The van der Waals surface area contributed by atoms with Crippen molar-refractivity contribution in [3.8, 4) is 0 Å². The number of piperidine rings is 1. The zero-order valence-corrected chi connectivity index (χ0v) is 9.73. The summed E-state index contributed by atoms with van der Waals surface area (Å²) >= 11 is 0. The fourth-order valence-electron chi connectivity index (χ4n) is 2.23. The van der Waals surface area contributed by atoms with Gasteiger partial charge < -0.3 is 10.0 Å². The van der Waals surface area contributed by atoms with Crippen LogP contribution in [-0.2, 0) is 10.4 Å². The number of hydrogen-bond donors (Lipinski definition) is 1. The second-order valence-corrected chi connectivity index (χ2v) is 4.65. The standard InChI is InChI=1S/C13H17NO2/c1-10-4-3-5-11(8-10)13(16)7-6-12(15)14(2)9-13/h3-5,8,16H,6-7,9H2,1-2H3. The van der Waals surface area contributed by atoms with Crippen LogP contribution >= 0.6 is 0 Å². The predicted octanol–water partition coefficient (Wildman–Crippen LogP) is 1.43. The van der Waals surface area contributed by atoms with Crippen LogP contribution in [0.3, 0.4) is 0 Å². The molecule has 1 fully saturated rings. The van der Waals surface area contributed by atoms with E-state index in [0.717, 1.165) is 11.1 Å². The van der Waals surface area contributed by atoms with Crippen LogP contribution in [0, 0.1) is 6.92 Å². The van der Waals surface area contributed by atoms with E-state index in [-0.39, 0.29) is 5.91 Å². The van der Waals surface area contributed by atoms with Gasteiger partial charge in [0.15, 0.2) is 0 Å². The van der Waals surface area contributed by atoms with Gasteiger partial charge in [0, 0.05) is 13.5 Å². The molecular weight excluding hydrogens is 202 g/mol. The summed E-state index contributed by atoms with van der Waals surface area (Å²) in [4.78, 5) is 13.0. The molecule has 1 aliphatic rings. The summed E-state index contributed by atoms with van der Waals surface area (Å²) < 4.78 is 0. The molecule has 0 radical (unpaired) electrons. The topological polar surface area (TPSA) is 40.5 Å². The van der Waals surface area contributed by atoms with Crippen molar-refractivity contribution in [2.75, 3.05) is 13.6 Å². The maximum Gasteiger partial charge on any atom is 0.222 e. The first-order chi connectivity index (χ1) is 7.51. The fourth-order valence-corrected chi connectivity index (χ4v) is 2.23. The molecule has 1 atom stereocenters. The Morgan fingerprint density at radius 3 is 2.81 bits per heavy atom. The van der Waals surface area contributed by atoms with Gasteiger partial charge in [-0.15, -0.1) is 0 Å². The first-order valence-corrected chi connectivity index (χ1v) is 5.55. The number of likely N-dealkylation sites (N-methyl/N-ethyl adjacent to an activating group) is 1. The van der Waals surface area contributed by atoms with Gasteiger partial charge in [-0.25, -0.2) is 0 Å². The third-order valence-electron chi connectivity index (χ3n) is 3.23. The molecule has 1 aliphatic heterocycles. The van der Waals surface area contributed by atoms with Gasteiger partial charge in [-0.3, -0.25) is 4.79 Å². The molecule has 0 spiro atoms. The van der Waals surface area contributed by atoms with Crippen LogP contribution in [0.2, 0.25) is 0 Å². The third kappa shape index (κ3) is 1.95. The lowest BCUT2D eigenvalue weighted by Crippen LogP contribution is -2.47. The zero-order valence-electron chi connectivity index (χ0n) is 9.73. The predicted molar refractivity (Wildman–Crippen MR) is 61.9 cm³/mol. The minimum atomic E-state index is -0.880. The lowest BCUT2D eigenvalue weighted by molar-refractivity contribution is -0.141. The van der Waals surface area contributed by atoms with E-state index >= 15 is 0 Å². The van der Waals surface area contributed by atoms with E-state index in [9.17, 15) is 9.90 Å². The van der Waals surface area contributed by atoms with Gasteiger partial charge in [0.2, 0.25) is 5.91 Å². The van der Waals surface area contributed by atoms with Gasteiger partial charge in [-0.05, 0) is 18.9 Å². The largest absolute Gasteiger partial charge is 0.383 e. The number of benzene rings is 1. The van der Waals surface area contributed by atoms with Gasteiger partial charge in [-0.1, -0.05) is 29.8 Å². The molecule has 16 heavy (non-hydrogen) atoms. The summed E-state index contributed by atoms with van der Waals surface area (Å²) in [6.45, 7) is 2.39. The van der Waals surface area contributed by atoms with E-state index in [1.165, 1.54) is 0 Å². The Balaban J connectivity index is 2.29. The number of carbonyl (C=O) groups is 1. The fraction of sp³-hybridized carbons (Fsp3) is 0.462. The molecule has 0 bridgehead atoms. The van der Waals surface area contributed by atoms with E-state index in [1.54, 1.807) is 11.9 Å². The monoisotopic (exact) mass is 219 g/mol. The lowest BCUT2D eigenvalue weighted by atomic mass is 9.85. The SMILES string of the molecule is Cc1cccc(C2(O)CCC(=O)N(C)C2)c1. The average Bonchev–Trinajstić information content (AvgIpc) is 2.24. The van der Waals surface area contributed by atoms with Crippen molar-refractivity contribution < 1.29 is 9.90 Å². The number of aliphatic hydroxyl groups is 1. The van der Waals surface area contributed by atoms with Gasteiger partial charge >= 0.3 is 0 Å². The van der Waals surface area contributed by atoms with Crippen LogP contribution < -0.4 is 0 Å². The van der Waals surface area contributed by atoms with Crippen molar-refractivity contribution in [1.29, 1.82) is 0 Å². The number of β-amino-alcohol motifs (C(OH)–C–C–N with tert-alkyl or cyclic N) is 1. The Hall–Kier alpha value is -1.35. The lowest BCUT2D eigenvalue weighted by Gasteiger charge is -2.37. The molecule has 1 unspecified atom stereocenters. The normalized spacial score (nSPS) is 25.9. The Labute approximate surface area is 95.7 Å². The molecule has 3 nitrogen and oxygen atoms in total. The number of hydrogen-bond acceptors (Lipinski definition) is 2. The second kappa shape index (κ2) is 3.91. The molecular formula is C13H17NO2. The summed E-state index contributed by atoms with van der Waals surface area (Å²) in [5.41, 5.74) is 1.16. The molecule has 2 rings (SSSR count). The number of aryl methyl sites for hydroxylation is 1. The molecule has 1 N–H and O–H groups in total. The van der Waals surface area contributed by atoms with Crippen molar-refractivity contribution in [3.05, 3.63) is 35.4 Å². The molecule has 0 saturated carbocycles. The number of amides is 1. The highest BCUT2D eigenvalue weighted by atomic mass is 16.3. The van der Waals surface area contributed by atoms with Gasteiger partial charge in [-0.2, -0.15) is 0 Å². The summed E-state index contributed by atoms with van der Waals surface area (Å²) in [5.74, 6) is 0.109. The van der Waals surface area contributed by atoms with E-state index in [2.05, 4.69) is 0 Å². The highest BCUT2D eigenvalue weighted by Gasteiger charge is 2.36. The van der Waals surface area contributed by atoms with E-state index in [0.29, 0.717) is 19.4 Å². The van der Waals surface area contributed by atoms with Crippen LogP contribution in [0.15, 0.2) is 24.3 Å². The maximum absolute atomic E-state index is 11.4. The summed E-state index contributed by atoms with van der Waals surface area (Å²) in [6.07, 6.45) is 0.931. The highest BCUT2D eigenvalue weighted by molar-refractivity contribution is 5.77. The Morgan fingerprint density at radius 1 is 1.44 bits per heavy atom. The summed E-state index contributed by atoms with van der Waals surface area (Å²) in [6, 6.07) is 7.86. The minimum Gasteiger partial charge on any atom is -0.383 e. The van der Waals surface area contributed by atoms with Crippen LogP contribution in [0.1, 0.15) is 24.0 Å². The molecule has 1 aromatic rings.